The summed E-state index contributed by atoms with van der Waals surface area (Å²) >= 11 is 0. The number of carboxylic acid groups (broad SMARTS) is 2. The summed E-state index contributed by atoms with van der Waals surface area (Å²) in [6.45, 7) is 0.541. The molecule has 8 nitrogen and oxygen atoms in total. The van der Waals surface area contributed by atoms with Crippen LogP contribution in [0.5, 0.6) is 0 Å². The lowest BCUT2D eigenvalue weighted by molar-refractivity contribution is 0.0400. The van der Waals surface area contributed by atoms with Crippen molar-refractivity contribution in [2.24, 2.45) is 0 Å². The molecule has 0 spiro atoms. The van der Waals surface area contributed by atoms with Crippen molar-refractivity contribution < 1.29 is 38.9 Å². The highest BCUT2D eigenvalue weighted by molar-refractivity contribution is 5.98. The Labute approximate surface area is 176 Å². The molecule has 0 amide bonds. The molecule has 0 unspecified atom stereocenters. The summed E-state index contributed by atoms with van der Waals surface area (Å²) < 4.78 is 9.92. The van der Waals surface area contributed by atoms with Crippen molar-refractivity contribution in [1.82, 2.24) is 0 Å². The van der Waals surface area contributed by atoms with Crippen molar-refractivity contribution >= 4 is 34.6 Å². The average Bonchev–Trinajstić information content (AvgIpc) is 2.82. The maximum Gasteiger partial charge on any atom is 0.338 e. The van der Waals surface area contributed by atoms with Gasteiger partial charge in [-0.2, -0.15) is 0 Å². The van der Waals surface area contributed by atoms with Crippen molar-refractivity contribution in [1.29, 1.82) is 0 Å². The quantitative estimate of drug-likeness (QED) is 0.599. The number of esters is 2. The molecule has 0 fully saturated rings. The number of carbonyl (C=O) groups is 4. The normalized spacial score (nSPS) is 13.3. The summed E-state index contributed by atoms with van der Waals surface area (Å²) in [5.41, 5.74) is 1.29. The molecule has 2 N–H and O–H groups in total. The Morgan fingerprint density at radius 1 is 0.645 bits per heavy atom. The molecule has 0 saturated carbocycles. The van der Waals surface area contributed by atoms with Gasteiger partial charge in [0.05, 0.1) is 35.5 Å². The van der Waals surface area contributed by atoms with Gasteiger partial charge in [-0.1, -0.05) is 12.1 Å². The van der Waals surface area contributed by atoms with Crippen LogP contribution in [0, 0.1) is 0 Å². The maximum atomic E-state index is 11.4. The molecule has 0 aromatic heterocycles. The van der Waals surface area contributed by atoms with E-state index in [4.69, 9.17) is 19.7 Å². The van der Waals surface area contributed by atoms with Gasteiger partial charge in [0.1, 0.15) is 0 Å². The highest BCUT2D eigenvalue weighted by Gasteiger charge is 2.12. The van der Waals surface area contributed by atoms with Gasteiger partial charge in [-0.15, -0.1) is 0 Å². The fraction of sp³-hybridized carbons (Fsp3) is 0.130. The summed E-state index contributed by atoms with van der Waals surface area (Å²) in [5.74, 6) is -2.72. The first-order valence-electron chi connectivity index (χ1n) is 9.30. The predicted octanol–water partition coefficient (Wildman–Crippen LogP) is 3.64. The lowest BCUT2D eigenvalue weighted by Gasteiger charge is -2.02. The first-order chi connectivity index (χ1) is 14.8. The van der Waals surface area contributed by atoms with E-state index in [1.165, 1.54) is 24.3 Å². The smallest absolute Gasteiger partial charge is 0.338 e. The zero-order valence-corrected chi connectivity index (χ0v) is 16.2. The summed E-state index contributed by atoms with van der Waals surface area (Å²) in [6, 6.07) is 15.4. The van der Waals surface area contributed by atoms with Gasteiger partial charge in [0.25, 0.3) is 0 Å². The second-order valence-corrected chi connectivity index (χ2v) is 6.59. The molecule has 2 aliphatic rings. The fourth-order valence-corrected chi connectivity index (χ4v) is 2.81. The molecule has 0 radical (unpaired) electrons. The molecule has 5 rings (SSSR count). The molecular weight excluding hydrogens is 404 g/mol. The number of carboxylic acids is 2. The molecule has 2 aliphatic heterocycles. The number of benzene rings is 3. The number of carbonyl (C=O) groups excluding carboxylic acids is 2. The van der Waals surface area contributed by atoms with Gasteiger partial charge in [-0.3, -0.25) is 0 Å². The minimum Gasteiger partial charge on any atom is -0.478 e. The van der Waals surface area contributed by atoms with Crippen LogP contribution in [-0.4, -0.2) is 47.3 Å². The molecule has 31 heavy (non-hydrogen) atoms. The van der Waals surface area contributed by atoms with Gasteiger partial charge in [-0.05, 0) is 59.3 Å². The van der Waals surface area contributed by atoms with Gasteiger partial charge >= 0.3 is 23.9 Å². The maximum absolute atomic E-state index is 11.4. The van der Waals surface area contributed by atoms with Crippen molar-refractivity contribution in [3.63, 3.8) is 0 Å². The van der Waals surface area contributed by atoms with Crippen LogP contribution >= 0.6 is 0 Å². The largest absolute Gasteiger partial charge is 0.478 e. The van der Waals surface area contributed by atoms with E-state index in [9.17, 15) is 19.2 Å². The minimum absolute atomic E-state index is 0.190. The zero-order chi connectivity index (χ0) is 22.4. The fourth-order valence-electron chi connectivity index (χ4n) is 2.81. The van der Waals surface area contributed by atoms with Crippen molar-refractivity contribution in [2.75, 3.05) is 13.2 Å². The van der Waals surface area contributed by atoms with Crippen LogP contribution in [0.1, 0.15) is 47.9 Å². The van der Waals surface area contributed by atoms with E-state index in [0.717, 1.165) is 0 Å². The monoisotopic (exact) mass is 422 g/mol. The molecule has 2 heterocycles. The number of aromatic carboxylic acids is 2. The van der Waals surface area contributed by atoms with E-state index >= 15 is 0 Å². The van der Waals surface area contributed by atoms with E-state index in [0.29, 0.717) is 28.3 Å². The highest BCUT2D eigenvalue weighted by Crippen LogP contribution is 2.18. The number of ether oxygens (including phenoxy) is 2. The molecule has 158 valence electrons. The van der Waals surface area contributed by atoms with Crippen molar-refractivity contribution in [3.05, 3.63) is 82.9 Å². The molecule has 3 aromatic rings. The number of hydrogen-bond acceptors (Lipinski definition) is 6. The van der Waals surface area contributed by atoms with Crippen LogP contribution in [-0.2, 0) is 9.47 Å². The minimum atomic E-state index is -0.996. The van der Waals surface area contributed by atoms with E-state index in [1.807, 2.05) is 0 Å². The topological polar surface area (TPSA) is 127 Å². The Morgan fingerprint density at radius 2 is 1.03 bits per heavy atom. The van der Waals surface area contributed by atoms with Crippen LogP contribution < -0.4 is 0 Å². The summed E-state index contributed by atoms with van der Waals surface area (Å²) in [5, 5.41) is 19.0. The Balaban J connectivity index is 0.000000176. The van der Waals surface area contributed by atoms with Gasteiger partial charge in [-0.25, -0.2) is 19.2 Å². The lowest BCUT2D eigenvalue weighted by atomic mass is 10.0. The van der Waals surface area contributed by atoms with E-state index in [-0.39, 0.29) is 36.3 Å². The van der Waals surface area contributed by atoms with Crippen LogP contribution in [0.2, 0.25) is 0 Å². The number of fused-ring (bicyclic) bond motifs is 9. The third-order valence-corrected chi connectivity index (χ3v) is 4.45. The lowest BCUT2D eigenvalue weighted by Crippen LogP contribution is -2.08. The Kier molecular flexibility index (Phi) is 6.61. The van der Waals surface area contributed by atoms with Gasteiger partial charge in [0.2, 0.25) is 0 Å². The molecule has 3 aromatic carbocycles. The third-order valence-electron chi connectivity index (χ3n) is 4.45. The molecule has 2 bridgehead atoms. The average molecular weight is 422 g/mol. The highest BCUT2D eigenvalue weighted by atomic mass is 16.5. The zero-order valence-electron chi connectivity index (χ0n) is 16.2. The Morgan fingerprint density at radius 3 is 1.39 bits per heavy atom. The van der Waals surface area contributed by atoms with Crippen LogP contribution in [0.4, 0.5) is 0 Å². The van der Waals surface area contributed by atoms with Crippen molar-refractivity contribution in [2.45, 2.75) is 6.42 Å². The first-order valence-corrected chi connectivity index (χ1v) is 9.30. The molecule has 0 aliphatic carbocycles. The van der Waals surface area contributed by atoms with E-state index < -0.39 is 11.9 Å². The van der Waals surface area contributed by atoms with Gasteiger partial charge < -0.3 is 19.7 Å². The Hall–Kier alpha value is -4.20. The van der Waals surface area contributed by atoms with Gasteiger partial charge in [0.15, 0.2) is 0 Å². The Bertz CT molecular complexity index is 1060. The first kappa shape index (κ1) is 21.5. The van der Waals surface area contributed by atoms with E-state index in [1.54, 1.807) is 36.4 Å². The van der Waals surface area contributed by atoms with Gasteiger partial charge in [0, 0.05) is 6.42 Å². The molecular formula is C23H18O8. The SMILES string of the molecule is O=C(O)c1ccc2cc(C(=O)O)ccc2c1.O=C1OCCCOC(=O)c2ccc1cc2. The number of rotatable bonds is 2. The van der Waals surface area contributed by atoms with Crippen LogP contribution in [0.15, 0.2) is 60.7 Å². The van der Waals surface area contributed by atoms with Crippen LogP contribution in [0.3, 0.4) is 0 Å². The second kappa shape index (κ2) is 9.53. The molecule has 0 atom stereocenters. The number of hydrogen-bond donors (Lipinski definition) is 2. The van der Waals surface area contributed by atoms with Crippen LogP contribution in [0.25, 0.3) is 10.8 Å². The molecule has 0 saturated heterocycles. The standard InChI is InChI=1S/C12H8O4.C11H10O4/c13-11(14)9-3-1-7-5-10(12(15)16)4-2-8(7)6-9;12-10-8-2-3-9(5-4-8)11(13)15-7-1-6-14-10/h1-6H,(H,13,14)(H,15,16);2-5H,1,6-7H2. The van der Waals surface area contributed by atoms with Crippen molar-refractivity contribution in [3.8, 4) is 0 Å². The third kappa shape index (κ3) is 5.45. The van der Waals surface area contributed by atoms with E-state index in [2.05, 4.69) is 0 Å². The second-order valence-electron chi connectivity index (χ2n) is 6.59. The summed E-state index contributed by atoms with van der Waals surface area (Å²) in [6.07, 6.45) is 0.526. The predicted molar refractivity (Wildman–Crippen MR) is 109 cm³/mol. The summed E-state index contributed by atoms with van der Waals surface area (Å²) in [4.78, 5) is 44.2. The molecule has 8 heteroatoms. The summed E-state index contributed by atoms with van der Waals surface area (Å²) in [7, 11) is 0.